The van der Waals surface area contributed by atoms with Crippen molar-refractivity contribution in [1.29, 1.82) is 5.26 Å². The van der Waals surface area contributed by atoms with Gasteiger partial charge in [-0.1, -0.05) is 69.0 Å². The van der Waals surface area contributed by atoms with Crippen molar-refractivity contribution in [3.63, 3.8) is 0 Å². The van der Waals surface area contributed by atoms with Gasteiger partial charge in [0.1, 0.15) is 0 Å². The largest absolute Gasteiger partial charge is 0.192 e. The molecule has 2 aromatic carbocycles. The van der Waals surface area contributed by atoms with Gasteiger partial charge >= 0.3 is 0 Å². The molecule has 0 aliphatic heterocycles. The standard InChI is InChI=1S/C24H29N/c1-2-3-5-8-19-11-14-22(15-12-19)24-17-20(18-25)13-16-23(24)21-9-6-4-7-10-21/h4,6-7,9-10,13,16-17,19,22H,2-3,5,8,11-12,14-15H2,1H3. The van der Waals surface area contributed by atoms with Crippen LogP contribution in [-0.4, -0.2) is 0 Å². The molecule has 2 aromatic rings. The van der Waals surface area contributed by atoms with Crippen LogP contribution in [0.25, 0.3) is 11.1 Å². The molecule has 0 amide bonds. The average Bonchev–Trinajstić information content (AvgIpc) is 2.69. The first kappa shape index (κ1) is 17.7. The van der Waals surface area contributed by atoms with Crippen molar-refractivity contribution in [2.45, 2.75) is 64.2 Å². The van der Waals surface area contributed by atoms with Crippen molar-refractivity contribution < 1.29 is 0 Å². The smallest absolute Gasteiger partial charge is 0.0991 e. The Morgan fingerprint density at radius 1 is 0.960 bits per heavy atom. The van der Waals surface area contributed by atoms with Crippen LogP contribution in [0.5, 0.6) is 0 Å². The molecular formula is C24H29N. The van der Waals surface area contributed by atoms with Crippen molar-refractivity contribution in [2.24, 2.45) is 5.92 Å². The Morgan fingerprint density at radius 3 is 2.40 bits per heavy atom. The maximum Gasteiger partial charge on any atom is 0.0991 e. The third-order valence-electron chi connectivity index (χ3n) is 5.77. The molecule has 0 atom stereocenters. The molecule has 3 rings (SSSR count). The van der Waals surface area contributed by atoms with E-state index in [9.17, 15) is 5.26 Å². The topological polar surface area (TPSA) is 23.8 Å². The van der Waals surface area contributed by atoms with Gasteiger partial charge in [0.2, 0.25) is 0 Å². The normalized spacial score (nSPS) is 20.2. The lowest BCUT2D eigenvalue weighted by Gasteiger charge is -2.30. The number of rotatable bonds is 6. The highest BCUT2D eigenvalue weighted by atomic mass is 14.3. The van der Waals surface area contributed by atoms with E-state index in [2.05, 4.69) is 55.5 Å². The summed E-state index contributed by atoms with van der Waals surface area (Å²) >= 11 is 0. The Hall–Kier alpha value is -2.07. The van der Waals surface area contributed by atoms with Crippen LogP contribution in [0, 0.1) is 17.2 Å². The fourth-order valence-corrected chi connectivity index (χ4v) is 4.30. The van der Waals surface area contributed by atoms with Crippen LogP contribution in [-0.2, 0) is 0 Å². The molecule has 0 bridgehead atoms. The molecule has 0 spiro atoms. The molecule has 0 heterocycles. The van der Waals surface area contributed by atoms with Crippen molar-refractivity contribution in [3.8, 4) is 17.2 Å². The second kappa shape index (κ2) is 8.86. The molecule has 1 heteroatoms. The van der Waals surface area contributed by atoms with Gasteiger partial charge in [-0.25, -0.2) is 0 Å². The summed E-state index contributed by atoms with van der Waals surface area (Å²) in [6, 6.07) is 19.2. The van der Waals surface area contributed by atoms with Crippen LogP contribution in [0.2, 0.25) is 0 Å². The van der Waals surface area contributed by atoms with Gasteiger partial charge in [-0.3, -0.25) is 0 Å². The van der Waals surface area contributed by atoms with Crippen LogP contribution in [0.3, 0.4) is 0 Å². The first-order valence-corrected chi connectivity index (χ1v) is 9.91. The Kier molecular flexibility index (Phi) is 6.29. The van der Waals surface area contributed by atoms with E-state index in [4.69, 9.17) is 0 Å². The minimum absolute atomic E-state index is 0.603. The first-order valence-electron chi connectivity index (χ1n) is 9.91. The van der Waals surface area contributed by atoms with E-state index < -0.39 is 0 Å². The summed E-state index contributed by atoms with van der Waals surface area (Å²) in [6.07, 6.45) is 10.7. The van der Waals surface area contributed by atoms with E-state index in [0.29, 0.717) is 5.92 Å². The fourth-order valence-electron chi connectivity index (χ4n) is 4.30. The second-order valence-corrected chi connectivity index (χ2v) is 7.49. The third-order valence-corrected chi connectivity index (χ3v) is 5.77. The first-order chi connectivity index (χ1) is 12.3. The van der Waals surface area contributed by atoms with Crippen LogP contribution in [0.4, 0.5) is 0 Å². The third kappa shape index (κ3) is 4.51. The fraction of sp³-hybridized carbons (Fsp3) is 0.458. The predicted octanol–water partition coefficient (Wildman–Crippen LogP) is 7.08. The lowest BCUT2D eigenvalue weighted by Crippen LogP contribution is -2.14. The number of hydrogen-bond donors (Lipinski definition) is 0. The Morgan fingerprint density at radius 2 is 1.72 bits per heavy atom. The van der Waals surface area contributed by atoms with E-state index in [1.165, 1.54) is 68.1 Å². The second-order valence-electron chi connectivity index (χ2n) is 7.49. The number of unbranched alkanes of at least 4 members (excludes halogenated alkanes) is 2. The van der Waals surface area contributed by atoms with Crippen molar-refractivity contribution in [3.05, 3.63) is 59.7 Å². The molecule has 0 saturated heterocycles. The molecule has 25 heavy (non-hydrogen) atoms. The predicted molar refractivity (Wildman–Crippen MR) is 105 cm³/mol. The summed E-state index contributed by atoms with van der Waals surface area (Å²) in [4.78, 5) is 0. The van der Waals surface area contributed by atoms with Crippen molar-refractivity contribution >= 4 is 0 Å². The van der Waals surface area contributed by atoms with Crippen LogP contribution in [0.1, 0.15) is 75.3 Å². The molecular weight excluding hydrogens is 302 g/mol. The van der Waals surface area contributed by atoms with Crippen molar-refractivity contribution in [2.75, 3.05) is 0 Å². The molecule has 1 fully saturated rings. The van der Waals surface area contributed by atoms with Gasteiger partial charge < -0.3 is 0 Å². The molecule has 1 aliphatic carbocycles. The minimum atomic E-state index is 0.603. The molecule has 1 saturated carbocycles. The summed E-state index contributed by atoms with van der Waals surface area (Å²) in [5.74, 6) is 1.52. The van der Waals surface area contributed by atoms with Gasteiger partial charge in [0, 0.05) is 0 Å². The van der Waals surface area contributed by atoms with E-state index >= 15 is 0 Å². The zero-order chi connectivity index (χ0) is 17.5. The summed E-state index contributed by atoms with van der Waals surface area (Å²) in [7, 11) is 0. The number of nitrogens with zero attached hydrogens (tertiary/aromatic N) is 1. The average molecular weight is 332 g/mol. The van der Waals surface area contributed by atoms with Gasteiger partial charge in [-0.2, -0.15) is 5.26 Å². The molecule has 0 aromatic heterocycles. The molecule has 0 unspecified atom stereocenters. The maximum absolute atomic E-state index is 9.33. The zero-order valence-corrected chi connectivity index (χ0v) is 15.4. The lowest BCUT2D eigenvalue weighted by atomic mass is 9.75. The van der Waals surface area contributed by atoms with Gasteiger partial charge in [0.05, 0.1) is 11.6 Å². The Bertz CT molecular complexity index is 703. The molecule has 1 nitrogen and oxygen atoms in total. The molecule has 1 aliphatic rings. The van der Waals surface area contributed by atoms with Gasteiger partial charge in [0.15, 0.2) is 0 Å². The maximum atomic E-state index is 9.33. The SMILES string of the molecule is CCCCCC1CCC(c2cc(C#N)ccc2-c2ccccc2)CC1. The summed E-state index contributed by atoms with van der Waals surface area (Å²) in [5, 5.41) is 9.33. The zero-order valence-electron chi connectivity index (χ0n) is 15.4. The lowest BCUT2D eigenvalue weighted by molar-refractivity contribution is 0.303. The highest BCUT2D eigenvalue weighted by Crippen LogP contribution is 2.41. The number of hydrogen-bond acceptors (Lipinski definition) is 1. The summed E-state index contributed by atoms with van der Waals surface area (Å²) < 4.78 is 0. The highest BCUT2D eigenvalue weighted by Gasteiger charge is 2.24. The molecule has 0 radical (unpaired) electrons. The van der Waals surface area contributed by atoms with Crippen LogP contribution >= 0.6 is 0 Å². The van der Waals surface area contributed by atoms with E-state index in [1.54, 1.807) is 0 Å². The van der Waals surface area contributed by atoms with Gasteiger partial charge in [0.25, 0.3) is 0 Å². The number of nitriles is 1. The van der Waals surface area contributed by atoms with Gasteiger partial charge in [-0.05, 0) is 66.3 Å². The van der Waals surface area contributed by atoms with Crippen molar-refractivity contribution in [1.82, 2.24) is 0 Å². The Balaban J connectivity index is 1.77. The van der Waals surface area contributed by atoms with Crippen LogP contribution < -0.4 is 0 Å². The summed E-state index contributed by atoms with van der Waals surface area (Å²) in [5.41, 5.74) is 4.76. The molecule has 130 valence electrons. The minimum Gasteiger partial charge on any atom is -0.192 e. The molecule has 0 N–H and O–H groups in total. The Labute approximate surface area is 152 Å². The highest BCUT2D eigenvalue weighted by molar-refractivity contribution is 5.69. The number of benzene rings is 2. The quantitative estimate of drug-likeness (QED) is 0.519. The van der Waals surface area contributed by atoms with E-state index in [0.717, 1.165) is 11.5 Å². The summed E-state index contributed by atoms with van der Waals surface area (Å²) in [6.45, 7) is 2.28. The van der Waals surface area contributed by atoms with E-state index in [-0.39, 0.29) is 0 Å². The van der Waals surface area contributed by atoms with Gasteiger partial charge in [-0.15, -0.1) is 0 Å². The van der Waals surface area contributed by atoms with Crippen LogP contribution in [0.15, 0.2) is 48.5 Å². The monoisotopic (exact) mass is 331 g/mol. The van der Waals surface area contributed by atoms with E-state index in [1.807, 2.05) is 6.07 Å².